The predicted molar refractivity (Wildman–Crippen MR) is 121 cm³/mol. The van der Waals surface area contributed by atoms with Crippen LogP contribution in [0.15, 0.2) is 69.5 Å². The van der Waals surface area contributed by atoms with Crippen molar-refractivity contribution in [3.05, 3.63) is 87.5 Å². The second kappa shape index (κ2) is 8.51. The summed E-state index contributed by atoms with van der Waals surface area (Å²) in [5.41, 5.74) is 3.77. The molecule has 0 unspecified atom stereocenters. The van der Waals surface area contributed by atoms with Gasteiger partial charge in [0, 0.05) is 29.5 Å². The van der Waals surface area contributed by atoms with Crippen LogP contribution in [0.2, 0.25) is 0 Å². The van der Waals surface area contributed by atoms with Crippen LogP contribution in [0.25, 0.3) is 16.0 Å². The maximum atomic E-state index is 11.4. The molecule has 0 spiro atoms. The number of aryl methyl sites for hydroxylation is 1. The minimum absolute atomic E-state index is 0.237. The predicted octanol–water partition coefficient (Wildman–Crippen LogP) is 4.70. The molecule has 0 atom stereocenters. The maximum Gasteiger partial charge on any atom is 0.336 e. The van der Waals surface area contributed by atoms with Gasteiger partial charge in [-0.2, -0.15) is 0 Å². The van der Waals surface area contributed by atoms with E-state index < -0.39 is 5.63 Å². The largest absolute Gasteiger partial charge is 0.492 e. The van der Waals surface area contributed by atoms with Crippen LogP contribution in [0.1, 0.15) is 23.2 Å². The van der Waals surface area contributed by atoms with E-state index in [1.165, 1.54) is 6.07 Å². The highest BCUT2D eigenvalue weighted by Crippen LogP contribution is 2.37. The molecule has 0 bridgehead atoms. The molecule has 0 aliphatic carbocycles. The molecule has 0 amide bonds. The highest BCUT2D eigenvalue weighted by molar-refractivity contribution is 6.49. The molecule has 0 radical (unpaired) electrons. The highest BCUT2D eigenvalue weighted by Gasteiger charge is 2.19. The van der Waals surface area contributed by atoms with Gasteiger partial charge in [-0.05, 0) is 42.3 Å². The van der Waals surface area contributed by atoms with Crippen LogP contribution in [-0.2, 0) is 13.2 Å². The lowest BCUT2D eigenvalue weighted by atomic mass is 10.1. The second-order valence-electron chi connectivity index (χ2n) is 7.62. The smallest absolute Gasteiger partial charge is 0.336 e. The number of para-hydroxylation sites is 1. The Morgan fingerprint density at radius 1 is 1.19 bits per heavy atom. The number of aromatic nitrogens is 3. The van der Waals surface area contributed by atoms with Crippen LogP contribution in [0.4, 0.5) is 0 Å². The van der Waals surface area contributed by atoms with Gasteiger partial charge >= 0.3 is 5.63 Å². The molecule has 0 fully saturated rings. The van der Waals surface area contributed by atoms with Gasteiger partial charge in [0.2, 0.25) is 0 Å². The van der Waals surface area contributed by atoms with Crippen molar-refractivity contribution in [3.8, 4) is 11.5 Å². The Labute approximate surface area is 188 Å². The van der Waals surface area contributed by atoms with E-state index in [1.54, 1.807) is 16.8 Å². The fourth-order valence-corrected chi connectivity index (χ4v) is 4.01. The summed E-state index contributed by atoms with van der Waals surface area (Å²) >= 11 is 6.73. The van der Waals surface area contributed by atoms with E-state index in [9.17, 15) is 4.79 Å². The van der Waals surface area contributed by atoms with Gasteiger partial charge in [0.05, 0.1) is 24.4 Å². The van der Waals surface area contributed by atoms with Crippen LogP contribution < -0.4 is 15.1 Å². The number of ether oxygens (including phenoxy) is 2. The Morgan fingerprint density at radius 2 is 2.06 bits per heavy atom. The van der Waals surface area contributed by atoms with Gasteiger partial charge in [0.15, 0.2) is 0 Å². The van der Waals surface area contributed by atoms with Crippen molar-refractivity contribution < 1.29 is 13.9 Å². The number of halogens is 1. The molecular weight excluding hydrogens is 430 g/mol. The molecule has 0 saturated heterocycles. The van der Waals surface area contributed by atoms with Crippen molar-refractivity contribution in [3.63, 3.8) is 0 Å². The lowest BCUT2D eigenvalue weighted by Crippen LogP contribution is -2.05. The maximum absolute atomic E-state index is 11.4. The normalized spacial score (nSPS) is 13.6. The molecule has 3 heterocycles. The molecule has 1 aliphatic rings. The van der Waals surface area contributed by atoms with Gasteiger partial charge in [0.1, 0.15) is 29.4 Å². The van der Waals surface area contributed by atoms with Gasteiger partial charge in [-0.3, -0.25) is 0 Å². The molecule has 2 aromatic carbocycles. The Bertz CT molecular complexity index is 1390. The summed E-state index contributed by atoms with van der Waals surface area (Å²) in [7, 11) is 0. The number of hydrogen-bond donors (Lipinski definition) is 0. The Morgan fingerprint density at radius 3 is 2.97 bits per heavy atom. The average molecular weight is 450 g/mol. The molecule has 5 rings (SSSR count). The topological polar surface area (TPSA) is 79.4 Å². The van der Waals surface area contributed by atoms with Crippen molar-refractivity contribution in [2.75, 3.05) is 6.61 Å². The standard InChI is InChI=1S/C24H20ClN3O4/c1-15-3-2-4-20-23(25)17(9-10-30-24(15)20)12-28-13-18(26-27-28)14-31-19-7-5-16-6-8-22(29)32-21(16)11-19/h2-8,11,13H,9-10,12,14H2,1H3. The highest BCUT2D eigenvalue weighted by atomic mass is 35.5. The molecule has 7 nitrogen and oxygen atoms in total. The molecule has 8 heteroatoms. The summed E-state index contributed by atoms with van der Waals surface area (Å²) in [5, 5.41) is 9.95. The summed E-state index contributed by atoms with van der Waals surface area (Å²) in [6.07, 6.45) is 2.54. The summed E-state index contributed by atoms with van der Waals surface area (Å²) < 4.78 is 18.7. The summed E-state index contributed by atoms with van der Waals surface area (Å²) in [5.74, 6) is 1.42. The minimum atomic E-state index is -0.396. The Kier molecular flexibility index (Phi) is 5.41. The first-order valence-electron chi connectivity index (χ1n) is 10.2. The molecule has 0 N–H and O–H groups in total. The quantitative estimate of drug-likeness (QED) is 0.411. The Balaban J connectivity index is 1.30. The van der Waals surface area contributed by atoms with Crippen molar-refractivity contribution >= 4 is 27.6 Å². The van der Waals surface area contributed by atoms with E-state index in [4.69, 9.17) is 25.5 Å². The number of benzene rings is 2. The first-order valence-corrected chi connectivity index (χ1v) is 10.6. The third-order valence-corrected chi connectivity index (χ3v) is 5.80. The van der Waals surface area contributed by atoms with Crippen LogP contribution in [0.3, 0.4) is 0 Å². The van der Waals surface area contributed by atoms with E-state index in [-0.39, 0.29) is 6.61 Å². The number of hydrogen-bond acceptors (Lipinski definition) is 6. The third kappa shape index (κ3) is 4.11. The summed E-state index contributed by atoms with van der Waals surface area (Å²) in [4.78, 5) is 11.4. The first kappa shape index (κ1) is 20.3. The van der Waals surface area contributed by atoms with Gasteiger partial charge in [-0.15, -0.1) is 5.10 Å². The van der Waals surface area contributed by atoms with E-state index in [0.717, 1.165) is 27.8 Å². The lowest BCUT2D eigenvalue weighted by Gasteiger charge is -2.10. The molecule has 4 aromatic rings. The van der Waals surface area contributed by atoms with Crippen LogP contribution >= 0.6 is 11.6 Å². The number of rotatable bonds is 5. The fraction of sp³-hybridized carbons (Fsp3) is 0.208. The lowest BCUT2D eigenvalue weighted by molar-refractivity contribution is 0.301. The van der Waals surface area contributed by atoms with Gasteiger partial charge in [-0.1, -0.05) is 28.9 Å². The van der Waals surface area contributed by atoms with Gasteiger partial charge in [0.25, 0.3) is 0 Å². The molecule has 32 heavy (non-hydrogen) atoms. The van der Waals surface area contributed by atoms with Crippen molar-refractivity contribution in [2.45, 2.75) is 26.5 Å². The zero-order valence-electron chi connectivity index (χ0n) is 17.4. The first-order chi connectivity index (χ1) is 15.6. The zero-order valence-corrected chi connectivity index (χ0v) is 18.1. The summed E-state index contributed by atoms with van der Waals surface area (Å²) in [6.45, 7) is 3.33. The van der Waals surface area contributed by atoms with Gasteiger partial charge in [-0.25, -0.2) is 9.48 Å². The monoisotopic (exact) mass is 449 g/mol. The van der Waals surface area contributed by atoms with E-state index in [2.05, 4.69) is 10.3 Å². The van der Waals surface area contributed by atoms with Gasteiger partial charge < -0.3 is 13.9 Å². The number of fused-ring (bicyclic) bond motifs is 2. The number of nitrogens with zero attached hydrogens (tertiary/aromatic N) is 3. The SMILES string of the molecule is Cc1cccc2c1OCCC(Cn1cc(COc3ccc4ccc(=O)oc4c3)nn1)=C2Cl. The summed E-state index contributed by atoms with van der Waals surface area (Å²) in [6, 6.07) is 14.4. The van der Waals surface area contributed by atoms with E-state index >= 15 is 0 Å². The zero-order chi connectivity index (χ0) is 22.1. The fourth-order valence-electron chi connectivity index (χ4n) is 3.71. The van der Waals surface area contributed by atoms with Crippen LogP contribution in [0, 0.1) is 6.92 Å². The molecule has 1 aliphatic heterocycles. The molecule has 162 valence electrons. The molecular formula is C24H20ClN3O4. The van der Waals surface area contributed by atoms with Crippen LogP contribution in [-0.4, -0.2) is 21.6 Å². The van der Waals surface area contributed by atoms with Crippen molar-refractivity contribution in [1.29, 1.82) is 0 Å². The second-order valence-corrected chi connectivity index (χ2v) is 8.00. The van der Waals surface area contributed by atoms with E-state index in [0.29, 0.717) is 41.6 Å². The van der Waals surface area contributed by atoms with Crippen molar-refractivity contribution in [1.82, 2.24) is 15.0 Å². The minimum Gasteiger partial charge on any atom is -0.492 e. The third-order valence-electron chi connectivity index (χ3n) is 5.33. The van der Waals surface area contributed by atoms with Crippen LogP contribution in [0.5, 0.6) is 11.5 Å². The molecule has 2 aromatic heterocycles. The molecule has 0 saturated carbocycles. The van der Waals surface area contributed by atoms with Crippen molar-refractivity contribution in [2.24, 2.45) is 0 Å². The average Bonchev–Trinajstić information content (AvgIpc) is 3.17. The Hall–Kier alpha value is -3.58. The van der Waals surface area contributed by atoms with E-state index in [1.807, 2.05) is 43.5 Å².